The van der Waals surface area contributed by atoms with E-state index in [1.807, 2.05) is 0 Å². The van der Waals surface area contributed by atoms with Crippen LogP contribution >= 0.6 is 0 Å². The highest BCUT2D eigenvalue weighted by Crippen LogP contribution is 2.62. The molecule has 0 radical (unpaired) electrons. The van der Waals surface area contributed by atoms with Gasteiger partial charge in [-0.15, -0.1) is 0 Å². The highest BCUT2D eigenvalue weighted by molar-refractivity contribution is 5.89. The maximum atomic E-state index is 12.5. The number of carbonyl (C=O) groups excluding carboxylic acids is 2. The van der Waals surface area contributed by atoms with E-state index in [0.717, 1.165) is 51.7 Å². The van der Waals surface area contributed by atoms with Gasteiger partial charge in [0.15, 0.2) is 5.78 Å². The van der Waals surface area contributed by atoms with Crippen molar-refractivity contribution >= 4 is 11.6 Å². The van der Waals surface area contributed by atoms with Crippen LogP contribution in [0.2, 0.25) is 0 Å². The Morgan fingerprint density at radius 2 is 2.08 bits per heavy atom. The molecule has 0 saturated heterocycles. The second-order valence-corrected chi connectivity index (χ2v) is 8.86. The molecule has 5 unspecified atom stereocenters. The van der Waals surface area contributed by atoms with Gasteiger partial charge in [0.2, 0.25) is 0 Å². The Kier molecular flexibility index (Phi) is 5.53. The number of Topliss-reactive ketones (excluding diaryl/α,β-unsaturated/α-hetero) is 1. The summed E-state index contributed by atoms with van der Waals surface area (Å²) in [4.78, 5) is 24.4. The number of rotatable bonds is 7. The number of carbonyl (C=O) groups is 2. The highest BCUT2D eigenvalue weighted by atomic mass is 16.5. The minimum absolute atomic E-state index is 0.0766. The normalized spacial score (nSPS) is 40.4. The lowest BCUT2D eigenvalue weighted by Gasteiger charge is -2.56. The van der Waals surface area contributed by atoms with E-state index in [0.29, 0.717) is 30.0 Å². The summed E-state index contributed by atoms with van der Waals surface area (Å²) in [7, 11) is 0. The van der Waals surface area contributed by atoms with Crippen LogP contribution in [0.1, 0.15) is 71.6 Å². The maximum Gasteiger partial charge on any atom is 0.155 e. The molecule has 0 aromatic heterocycles. The molecule has 0 spiro atoms. The molecule has 0 N–H and O–H groups in total. The van der Waals surface area contributed by atoms with Crippen molar-refractivity contribution in [2.24, 2.45) is 28.6 Å². The highest BCUT2D eigenvalue weighted by Gasteiger charge is 2.58. The molecule has 5 atom stereocenters. The molecule has 3 aliphatic rings. The second kappa shape index (κ2) is 7.34. The summed E-state index contributed by atoms with van der Waals surface area (Å²) in [5, 5.41) is 0. The van der Waals surface area contributed by atoms with Gasteiger partial charge in [0.1, 0.15) is 5.78 Å². The Labute approximate surface area is 152 Å². The topological polar surface area (TPSA) is 43.4 Å². The van der Waals surface area contributed by atoms with Crippen LogP contribution < -0.4 is 0 Å². The fourth-order valence-electron chi connectivity index (χ4n) is 6.44. The van der Waals surface area contributed by atoms with Crippen LogP contribution in [0.3, 0.4) is 0 Å². The van der Waals surface area contributed by atoms with E-state index >= 15 is 0 Å². The molecule has 0 amide bonds. The van der Waals surface area contributed by atoms with Gasteiger partial charge in [-0.3, -0.25) is 9.59 Å². The summed E-state index contributed by atoms with van der Waals surface area (Å²) in [5.74, 6) is 2.44. The third-order valence-electron chi connectivity index (χ3n) is 7.84. The van der Waals surface area contributed by atoms with E-state index in [1.54, 1.807) is 0 Å². The summed E-state index contributed by atoms with van der Waals surface area (Å²) in [5.41, 5.74) is 0.0390. The predicted octanol–water partition coefficient (Wildman–Crippen LogP) is 4.74. The van der Waals surface area contributed by atoms with E-state index < -0.39 is 0 Å². The van der Waals surface area contributed by atoms with Crippen molar-refractivity contribution in [3.63, 3.8) is 0 Å². The SMILES string of the molecule is C=CC(=O)CCC1(COCC)CCCC2C1CCC1(C)C(=O)CCC21. The number of hydrogen-bond acceptors (Lipinski definition) is 3. The summed E-state index contributed by atoms with van der Waals surface area (Å²) >= 11 is 0. The summed E-state index contributed by atoms with van der Waals surface area (Å²) < 4.78 is 5.94. The molecular formula is C22H34O3. The molecule has 3 aliphatic carbocycles. The predicted molar refractivity (Wildman–Crippen MR) is 99.3 cm³/mol. The van der Waals surface area contributed by atoms with Gasteiger partial charge >= 0.3 is 0 Å². The fourth-order valence-corrected chi connectivity index (χ4v) is 6.44. The minimum Gasteiger partial charge on any atom is -0.381 e. The molecule has 25 heavy (non-hydrogen) atoms. The molecule has 0 aromatic carbocycles. The zero-order valence-electron chi connectivity index (χ0n) is 16.0. The molecule has 3 heteroatoms. The zero-order valence-corrected chi connectivity index (χ0v) is 16.0. The van der Waals surface area contributed by atoms with E-state index in [-0.39, 0.29) is 16.6 Å². The molecule has 3 fully saturated rings. The Hall–Kier alpha value is -0.960. The van der Waals surface area contributed by atoms with Gasteiger partial charge in [0, 0.05) is 24.9 Å². The Balaban J connectivity index is 1.84. The van der Waals surface area contributed by atoms with Crippen molar-refractivity contribution < 1.29 is 14.3 Å². The van der Waals surface area contributed by atoms with Crippen molar-refractivity contribution in [3.05, 3.63) is 12.7 Å². The van der Waals surface area contributed by atoms with Crippen molar-refractivity contribution in [2.45, 2.75) is 71.6 Å². The first-order valence-electron chi connectivity index (χ1n) is 10.2. The van der Waals surface area contributed by atoms with Gasteiger partial charge < -0.3 is 4.74 Å². The summed E-state index contributed by atoms with van der Waals surface area (Å²) in [6.45, 7) is 9.41. The average molecular weight is 347 g/mol. The Morgan fingerprint density at radius 3 is 2.80 bits per heavy atom. The minimum atomic E-state index is -0.0766. The van der Waals surface area contributed by atoms with Gasteiger partial charge in [-0.1, -0.05) is 19.9 Å². The lowest BCUT2D eigenvalue weighted by atomic mass is 9.49. The standard InChI is InChI=1S/C22H34O3/c1-4-16(23)10-14-22(15-25-5-2)12-6-7-17-18-8-9-20(24)21(18,3)13-11-19(17)22/h4,17-19H,1,5-15H2,2-3H3. The molecule has 3 saturated carbocycles. The largest absolute Gasteiger partial charge is 0.381 e. The van der Waals surface area contributed by atoms with Crippen molar-refractivity contribution in [1.82, 2.24) is 0 Å². The molecule has 3 nitrogen and oxygen atoms in total. The van der Waals surface area contributed by atoms with Crippen LogP contribution in [-0.2, 0) is 14.3 Å². The van der Waals surface area contributed by atoms with Gasteiger partial charge in [-0.05, 0) is 74.7 Å². The second-order valence-electron chi connectivity index (χ2n) is 8.86. The smallest absolute Gasteiger partial charge is 0.155 e. The van der Waals surface area contributed by atoms with Gasteiger partial charge in [0.05, 0.1) is 6.61 Å². The first kappa shape index (κ1) is 18.8. The van der Waals surface area contributed by atoms with Crippen LogP contribution in [0.5, 0.6) is 0 Å². The first-order chi connectivity index (χ1) is 12.0. The van der Waals surface area contributed by atoms with Crippen LogP contribution in [-0.4, -0.2) is 24.8 Å². The Bertz CT molecular complexity index is 539. The van der Waals surface area contributed by atoms with E-state index in [9.17, 15) is 9.59 Å². The number of ketones is 2. The van der Waals surface area contributed by atoms with Gasteiger partial charge in [0.25, 0.3) is 0 Å². The van der Waals surface area contributed by atoms with E-state index in [2.05, 4.69) is 20.4 Å². The first-order valence-corrected chi connectivity index (χ1v) is 10.2. The number of hydrogen-bond donors (Lipinski definition) is 0. The van der Waals surface area contributed by atoms with Crippen molar-refractivity contribution in [3.8, 4) is 0 Å². The number of fused-ring (bicyclic) bond motifs is 3. The molecular weight excluding hydrogens is 312 g/mol. The zero-order chi connectivity index (χ0) is 18.1. The lowest BCUT2D eigenvalue weighted by molar-refractivity contribution is -0.138. The third-order valence-corrected chi connectivity index (χ3v) is 7.84. The van der Waals surface area contributed by atoms with Crippen molar-refractivity contribution in [2.75, 3.05) is 13.2 Å². The maximum absolute atomic E-state index is 12.5. The monoisotopic (exact) mass is 346 g/mol. The number of ether oxygens (including phenoxy) is 1. The number of allylic oxidation sites excluding steroid dienone is 1. The molecule has 0 heterocycles. The average Bonchev–Trinajstić information content (AvgIpc) is 2.93. The molecule has 3 rings (SSSR count). The fraction of sp³-hybridized carbons (Fsp3) is 0.818. The summed E-state index contributed by atoms with van der Waals surface area (Å²) in [6.07, 6.45) is 10.6. The van der Waals surface area contributed by atoms with E-state index in [4.69, 9.17) is 4.74 Å². The van der Waals surface area contributed by atoms with Crippen LogP contribution in [0, 0.1) is 28.6 Å². The Morgan fingerprint density at radius 1 is 1.28 bits per heavy atom. The molecule has 0 aliphatic heterocycles. The van der Waals surface area contributed by atoms with Crippen LogP contribution in [0.15, 0.2) is 12.7 Å². The quantitative estimate of drug-likeness (QED) is 0.625. The van der Waals surface area contributed by atoms with E-state index in [1.165, 1.54) is 18.9 Å². The van der Waals surface area contributed by atoms with Crippen LogP contribution in [0.25, 0.3) is 0 Å². The van der Waals surface area contributed by atoms with Gasteiger partial charge in [-0.2, -0.15) is 0 Å². The van der Waals surface area contributed by atoms with Crippen molar-refractivity contribution in [1.29, 1.82) is 0 Å². The molecule has 0 bridgehead atoms. The summed E-state index contributed by atoms with van der Waals surface area (Å²) in [6, 6.07) is 0. The van der Waals surface area contributed by atoms with Gasteiger partial charge in [-0.25, -0.2) is 0 Å². The van der Waals surface area contributed by atoms with Crippen LogP contribution in [0.4, 0.5) is 0 Å². The lowest BCUT2D eigenvalue weighted by Crippen LogP contribution is -2.51. The molecule has 0 aromatic rings. The molecule has 140 valence electrons. The third kappa shape index (κ3) is 3.25.